The molecule has 29 heavy (non-hydrogen) atoms. The summed E-state index contributed by atoms with van der Waals surface area (Å²) in [5.41, 5.74) is 0. The van der Waals surface area contributed by atoms with Crippen molar-refractivity contribution >= 4 is 25.4 Å². The number of methoxy groups -OCH3 is 1. The van der Waals surface area contributed by atoms with Crippen LogP contribution in [0.1, 0.15) is 13.8 Å². The second kappa shape index (κ2) is 11.1. The fraction of sp³-hybridized carbons (Fsp3) is 0.588. The molecule has 2 N–H and O–H groups in total. The van der Waals surface area contributed by atoms with Gasteiger partial charge in [-0.25, -0.2) is 4.79 Å². The van der Waals surface area contributed by atoms with Gasteiger partial charge in [0.2, 0.25) is 5.91 Å². The number of hydrogen-bond acceptors (Lipinski definition) is 8. The number of allylic oxidation sites excluding steroid dienone is 1. The van der Waals surface area contributed by atoms with Crippen LogP contribution in [0.5, 0.6) is 0 Å². The smallest absolute Gasteiger partial charge is 0.407 e. The van der Waals surface area contributed by atoms with E-state index in [-0.39, 0.29) is 18.9 Å². The Morgan fingerprint density at radius 1 is 1.34 bits per heavy atom. The van der Waals surface area contributed by atoms with E-state index in [1.54, 1.807) is 0 Å². The first kappa shape index (κ1) is 24.8. The lowest BCUT2D eigenvalue weighted by Crippen LogP contribution is -2.45. The average molecular weight is 432 g/mol. The Labute approximate surface area is 168 Å². The summed E-state index contributed by atoms with van der Waals surface area (Å²) < 4.78 is 33.1. The third kappa shape index (κ3) is 7.97. The van der Waals surface area contributed by atoms with Crippen LogP contribution in [0.15, 0.2) is 12.3 Å². The average Bonchev–Trinajstić information content (AvgIpc) is 2.93. The topological polar surface area (TPSA) is 141 Å². The normalized spacial score (nSPS) is 25.8. The van der Waals surface area contributed by atoms with Crippen molar-refractivity contribution in [2.75, 3.05) is 26.9 Å². The van der Waals surface area contributed by atoms with E-state index in [0.717, 1.165) is 17.6 Å². The summed E-state index contributed by atoms with van der Waals surface area (Å²) >= 11 is 0. The summed E-state index contributed by atoms with van der Waals surface area (Å²) in [6.45, 7) is 3.09. The summed E-state index contributed by atoms with van der Waals surface area (Å²) in [4.78, 5) is 45.7. The Morgan fingerprint density at radius 3 is 2.48 bits per heavy atom. The number of rotatable bonds is 9. The van der Waals surface area contributed by atoms with E-state index in [1.807, 2.05) is 0 Å². The molecule has 0 spiro atoms. The molecule has 0 saturated carbocycles. The van der Waals surface area contributed by atoms with Crippen molar-refractivity contribution in [2.24, 2.45) is 0 Å². The van der Waals surface area contributed by atoms with Crippen molar-refractivity contribution in [1.82, 2.24) is 10.2 Å². The highest BCUT2D eigenvalue weighted by molar-refractivity contribution is 7.51. The van der Waals surface area contributed by atoms with Gasteiger partial charge >= 0.3 is 13.7 Å². The first-order valence-corrected chi connectivity index (χ1v) is 10.5. The molecule has 1 heterocycles. The van der Waals surface area contributed by atoms with Crippen molar-refractivity contribution in [3.05, 3.63) is 12.3 Å². The third-order valence-corrected chi connectivity index (χ3v) is 4.33. The van der Waals surface area contributed by atoms with E-state index in [9.17, 15) is 23.8 Å². The summed E-state index contributed by atoms with van der Waals surface area (Å²) in [7, 11) is -2.70. The predicted octanol–water partition coefficient (Wildman–Crippen LogP) is 0.237. The van der Waals surface area contributed by atoms with Crippen molar-refractivity contribution < 1.29 is 42.6 Å². The van der Waals surface area contributed by atoms with Crippen molar-refractivity contribution in [3.63, 3.8) is 0 Å². The Balaban J connectivity index is 3.10. The zero-order chi connectivity index (χ0) is 22.2. The molecule has 12 heteroatoms. The lowest BCUT2D eigenvalue weighted by molar-refractivity contribution is -0.145. The number of carbonyl (C=O) groups is 3. The fourth-order valence-corrected chi connectivity index (χ4v) is 3.26. The number of terminal acetylenes is 1. The number of ketones is 1. The van der Waals surface area contributed by atoms with Gasteiger partial charge in [0.1, 0.15) is 24.9 Å². The molecule has 1 aliphatic heterocycles. The quantitative estimate of drug-likeness (QED) is 0.298. The molecule has 0 radical (unpaired) electrons. The van der Waals surface area contributed by atoms with Crippen molar-refractivity contribution in [3.8, 4) is 12.3 Å². The summed E-state index contributed by atoms with van der Waals surface area (Å²) in [5.74, 6) is 1.41. The van der Waals surface area contributed by atoms with Gasteiger partial charge in [0.05, 0.1) is 6.54 Å². The molecular formula is C17H25N2O9P. The molecule has 0 aromatic carbocycles. The largest absolute Gasteiger partial charge is 0.447 e. The molecule has 5 atom stereocenters. The Hall–Kier alpha value is -2.22. The lowest BCUT2D eigenvalue weighted by Gasteiger charge is -2.29. The van der Waals surface area contributed by atoms with Gasteiger partial charge in [-0.15, -0.1) is 6.42 Å². The number of carbonyl (C=O) groups excluding carboxylic acids is 3. The summed E-state index contributed by atoms with van der Waals surface area (Å²) in [5, 5.41) is 2.29. The van der Waals surface area contributed by atoms with Crippen LogP contribution in [0.4, 0.5) is 4.79 Å². The zero-order valence-corrected chi connectivity index (χ0v) is 17.5. The minimum atomic E-state index is -4.00. The minimum Gasteiger partial charge on any atom is -0.447 e. The van der Waals surface area contributed by atoms with Gasteiger partial charge in [0, 0.05) is 26.9 Å². The number of hydrogen-bond donors (Lipinski definition) is 2. The van der Waals surface area contributed by atoms with Crippen LogP contribution < -0.4 is 5.32 Å². The molecule has 2 amide bonds. The number of nitrogens with zero attached hydrogens (tertiary/aromatic N) is 1. The molecule has 2 unspecified atom stereocenters. The van der Waals surface area contributed by atoms with E-state index in [0.29, 0.717) is 0 Å². The van der Waals surface area contributed by atoms with E-state index < -0.39 is 44.1 Å². The number of ether oxygens (including phenoxy) is 3. The van der Waals surface area contributed by atoms with E-state index in [4.69, 9.17) is 25.2 Å². The van der Waals surface area contributed by atoms with Gasteiger partial charge in [-0.1, -0.05) is 5.92 Å². The molecule has 1 fully saturated rings. The maximum atomic E-state index is 12.1. The molecule has 162 valence electrons. The third-order valence-electron chi connectivity index (χ3n) is 3.70. The van der Waals surface area contributed by atoms with Crippen molar-refractivity contribution in [1.29, 1.82) is 0 Å². The monoisotopic (exact) mass is 432 g/mol. The van der Waals surface area contributed by atoms with Crippen LogP contribution >= 0.6 is 7.60 Å². The van der Waals surface area contributed by atoms with Gasteiger partial charge < -0.3 is 24.4 Å². The van der Waals surface area contributed by atoms with E-state index in [2.05, 4.69) is 11.2 Å². The SMILES string of the molecule is C#CCNC(=O)OC[C@H]1O[C@@H](N(/C=C\C(C)=O)C(C)=O)[C@@H](OC)C1OP(C)(=O)O. The van der Waals surface area contributed by atoms with Crippen LogP contribution in [-0.2, 0) is 32.9 Å². The molecule has 1 rings (SSSR count). The van der Waals surface area contributed by atoms with Gasteiger partial charge in [0.15, 0.2) is 12.0 Å². The Kier molecular flexibility index (Phi) is 9.49. The van der Waals surface area contributed by atoms with E-state index >= 15 is 0 Å². The Bertz CT molecular complexity index is 727. The highest BCUT2D eigenvalue weighted by atomic mass is 31.2. The molecule has 0 aromatic heterocycles. The minimum absolute atomic E-state index is 0.0532. The summed E-state index contributed by atoms with van der Waals surface area (Å²) in [6.07, 6.45) is 2.26. The highest BCUT2D eigenvalue weighted by Gasteiger charge is 2.51. The lowest BCUT2D eigenvalue weighted by atomic mass is 10.1. The highest BCUT2D eigenvalue weighted by Crippen LogP contribution is 2.43. The standard InChI is InChI=1S/C17H25N2O9P/c1-6-8-18-17(22)26-10-13-14(28-29(5,23)24)15(25-4)16(27-13)19(12(3)21)9-7-11(2)20/h1,7,9,13-16H,8,10H2,2-5H3,(H,18,22)(H,23,24)/b9-7-/t13-,14?,15+,16-/m1/s1. The molecule has 11 nitrogen and oxygen atoms in total. The maximum Gasteiger partial charge on any atom is 0.407 e. The van der Waals surface area contributed by atoms with Crippen LogP contribution in [0.3, 0.4) is 0 Å². The fourth-order valence-electron chi connectivity index (χ4n) is 2.56. The Morgan fingerprint density at radius 2 is 2.00 bits per heavy atom. The van der Waals surface area contributed by atoms with Gasteiger partial charge in [-0.05, 0) is 13.0 Å². The second-order valence-corrected chi connectivity index (χ2v) is 7.96. The van der Waals surface area contributed by atoms with E-state index in [1.165, 1.54) is 27.2 Å². The van der Waals surface area contributed by atoms with Gasteiger partial charge in [0.25, 0.3) is 0 Å². The van der Waals surface area contributed by atoms with Crippen LogP contribution in [0.2, 0.25) is 0 Å². The van der Waals surface area contributed by atoms with Crippen LogP contribution in [-0.4, -0.2) is 79.0 Å². The van der Waals surface area contributed by atoms with Crippen LogP contribution in [0, 0.1) is 12.3 Å². The molecule has 0 aromatic rings. The molecule has 0 aliphatic carbocycles. The first-order chi connectivity index (χ1) is 13.5. The molecule has 1 saturated heterocycles. The predicted molar refractivity (Wildman–Crippen MR) is 101 cm³/mol. The number of nitrogens with one attached hydrogen (secondary N) is 1. The number of alkyl carbamates (subject to hydrolysis) is 1. The van der Waals surface area contributed by atoms with Gasteiger partial charge in [-0.2, -0.15) is 0 Å². The van der Waals surface area contributed by atoms with Crippen molar-refractivity contribution in [2.45, 2.75) is 38.4 Å². The molecule has 0 bridgehead atoms. The molecular weight excluding hydrogens is 407 g/mol. The first-order valence-electron chi connectivity index (χ1n) is 8.48. The second-order valence-electron chi connectivity index (χ2n) is 6.15. The summed E-state index contributed by atoms with van der Waals surface area (Å²) in [6, 6.07) is 0. The maximum absolute atomic E-state index is 12.1. The molecule has 1 aliphatic rings. The zero-order valence-electron chi connectivity index (χ0n) is 16.6. The van der Waals surface area contributed by atoms with Crippen LogP contribution in [0.25, 0.3) is 0 Å². The van der Waals surface area contributed by atoms with Gasteiger partial charge in [-0.3, -0.25) is 23.6 Å². The number of amides is 2.